The summed E-state index contributed by atoms with van der Waals surface area (Å²) in [5.74, 6) is -1.01. The molecule has 0 spiro atoms. The number of unbranched alkanes of at least 4 members (excludes halogenated alkanes) is 1. The van der Waals surface area contributed by atoms with Crippen molar-refractivity contribution in [3.05, 3.63) is 35.4 Å². The van der Waals surface area contributed by atoms with E-state index in [-0.39, 0.29) is 11.5 Å². The number of aromatic carboxylic acids is 1. The third-order valence-corrected chi connectivity index (χ3v) is 4.11. The van der Waals surface area contributed by atoms with E-state index in [0.717, 1.165) is 39.1 Å². The van der Waals surface area contributed by atoms with Crippen LogP contribution in [-0.4, -0.2) is 73.2 Å². The van der Waals surface area contributed by atoms with Gasteiger partial charge in [0.25, 0.3) is 5.91 Å². The Morgan fingerprint density at radius 3 is 2.22 bits per heavy atom. The van der Waals surface area contributed by atoms with Crippen molar-refractivity contribution < 1.29 is 19.4 Å². The highest BCUT2D eigenvalue weighted by Crippen LogP contribution is 2.11. The number of piperazine rings is 1. The monoisotopic (exact) mass is 320 g/mol. The first-order valence-electron chi connectivity index (χ1n) is 7.95. The van der Waals surface area contributed by atoms with Crippen molar-refractivity contribution in [2.24, 2.45) is 0 Å². The van der Waals surface area contributed by atoms with Crippen molar-refractivity contribution >= 4 is 11.9 Å². The molecule has 0 aromatic heterocycles. The minimum atomic E-state index is -0.980. The Morgan fingerprint density at radius 2 is 1.65 bits per heavy atom. The van der Waals surface area contributed by atoms with E-state index in [9.17, 15) is 9.59 Å². The summed E-state index contributed by atoms with van der Waals surface area (Å²) in [6.45, 7) is 5.02. The molecule has 23 heavy (non-hydrogen) atoms. The quantitative estimate of drug-likeness (QED) is 0.772. The molecule has 0 radical (unpaired) electrons. The van der Waals surface area contributed by atoms with Gasteiger partial charge in [-0.25, -0.2) is 4.79 Å². The van der Waals surface area contributed by atoms with Gasteiger partial charge in [0.2, 0.25) is 0 Å². The van der Waals surface area contributed by atoms with Crippen molar-refractivity contribution in [3.63, 3.8) is 0 Å². The molecule has 1 aromatic rings. The fourth-order valence-electron chi connectivity index (χ4n) is 2.69. The van der Waals surface area contributed by atoms with E-state index in [1.165, 1.54) is 12.1 Å². The van der Waals surface area contributed by atoms with Crippen molar-refractivity contribution in [2.45, 2.75) is 12.8 Å². The molecule has 1 fully saturated rings. The second kappa shape index (κ2) is 8.64. The molecule has 0 saturated carbocycles. The maximum absolute atomic E-state index is 12.4. The molecule has 0 atom stereocenters. The zero-order valence-corrected chi connectivity index (χ0v) is 13.5. The maximum atomic E-state index is 12.4. The first kappa shape index (κ1) is 17.4. The summed E-state index contributed by atoms with van der Waals surface area (Å²) in [5, 5.41) is 8.89. The number of hydrogen-bond acceptors (Lipinski definition) is 4. The van der Waals surface area contributed by atoms with Crippen molar-refractivity contribution in [2.75, 3.05) is 46.4 Å². The van der Waals surface area contributed by atoms with Crippen LogP contribution in [0.25, 0.3) is 0 Å². The lowest BCUT2D eigenvalue weighted by atomic mass is 10.1. The van der Waals surface area contributed by atoms with Crippen LogP contribution in [0.3, 0.4) is 0 Å². The molecule has 126 valence electrons. The van der Waals surface area contributed by atoms with E-state index in [1.807, 2.05) is 4.90 Å². The summed E-state index contributed by atoms with van der Waals surface area (Å²) in [4.78, 5) is 27.5. The Balaban J connectivity index is 1.80. The van der Waals surface area contributed by atoms with Crippen LogP contribution in [-0.2, 0) is 4.74 Å². The summed E-state index contributed by atoms with van der Waals surface area (Å²) >= 11 is 0. The van der Waals surface area contributed by atoms with Crippen LogP contribution in [0.15, 0.2) is 24.3 Å². The van der Waals surface area contributed by atoms with Crippen LogP contribution >= 0.6 is 0 Å². The van der Waals surface area contributed by atoms with Gasteiger partial charge in [-0.05, 0) is 43.7 Å². The first-order valence-corrected chi connectivity index (χ1v) is 7.95. The Labute approximate surface area is 136 Å². The molecule has 1 heterocycles. The summed E-state index contributed by atoms with van der Waals surface area (Å²) in [6.07, 6.45) is 2.17. The highest BCUT2D eigenvalue weighted by atomic mass is 16.5. The Bertz CT molecular complexity index is 522. The average Bonchev–Trinajstić information content (AvgIpc) is 2.59. The molecule has 6 heteroatoms. The third-order valence-electron chi connectivity index (χ3n) is 4.11. The smallest absolute Gasteiger partial charge is 0.335 e. The van der Waals surface area contributed by atoms with Gasteiger partial charge in [0.05, 0.1) is 5.56 Å². The number of carbonyl (C=O) groups is 2. The van der Waals surface area contributed by atoms with Crippen molar-refractivity contribution in [1.29, 1.82) is 0 Å². The minimum absolute atomic E-state index is 0.0269. The Morgan fingerprint density at radius 1 is 1.04 bits per heavy atom. The van der Waals surface area contributed by atoms with Gasteiger partial charge >= 0.3 is 5.97 Å². The fourth-order valence-corrected chi connectivity index (χ4v) is 2.69. The number of rotatable bonds is 7. The van der Waals surface area contributed by atoms with E-state index >= 15 is 0 Å². The summed E-state index contributed by atoms with van der Waals surface area (Å²) < 4.78 is 5.04. The van der Waals surface area contributed by atoms with Crippen molar-refractivity contribution in [3.8, 4) is 0 Å². The molecule has 0 aliphatic carbocycles. The molecule has 1 aliphatic heterocycles. The number of carboxylic acids is 1. The largest absolute Gasteiger partial charge is 0.478 e. The van der Waals surface area contributed by atoms with Gasteiger partial charge in [0.1, 0.15) is 0 Å². The molecule has 0 unspecified atom stereocenters. The molecule has 6 nitrogen and oxygen atoms in total. The number of ether oxygens (including phenoxy) is 1. The van der Waals surface area contributed by atoms with Crippen LogP contribution in [0.1, 0.15) is 33.6 Å². The van der Waals surface area contributed by atoms with Gasteiger partial charge in [0.15, 0.2) is 0 Å². The molecule has 1 saturated heterocycles. The number of carboxylic acid groups (broad SMARTS) is 1. The maximum Gasteiger partial charge on any atom is 0.335 e. The number of amides is 1. The van der Waals surface area contributed by atoms with Crippen LogP contribution in [0, 0.1) is 0 Å². The van der Waals surface area contributed by atoms with Gasteiger partial charge in [0, 0.05) is 45.5 Å². The average molecular weight is 320 g/mol. The molecule has 1 aliphatic rings. The lowest BCUT2D eigenvalue weighted by molar-refractivity contribution is 0.0630. The molecule has 1 aromatic carbocycles. The molecule has 0 bridgehead atoms. The third kappa shape index (κ3) is 5.04. The van der Waals surface area contributed by atoms with Crippen LogP contribution in [0.5, 0.6) is 0 Å². The van der Waals surface area contributed by atoms with Crippen LogP contribution < -0.4 is 0 Å². The summed E-state index contributed by atoms with van der Waals surface area (Å²) in [6, 6.07) is 6.12. The SMILES string of the molecule is COCCCCN1CCN(C(=O)c2ccc(C(=O)O)cc2)CC1. The highest BCUT2D eigenvalue weighted by molar-refractivity contribution is 5.96. The molecule has 1 N–H and O–H groups in total. The molecular formula is C17H24N2O4. The molecule has 1 amide bonds. The predicted molar refractivity (Wildman–Crippen MR) is 86.9 cm³/mol. The second-order valence-electron chi connectivity index (χ2n) is 5.72. The summed E-state index contributed by atoms with van der Waals surface area (Å²) in [7, 11) is 1.72. The lowest BCUT2D eigenvalue weighted by Gasteiger charge is -2.34. The normalized spacial score (nSPS) is 15.6. The Hall–Kier alpha value is -1.92. The van der Waals surface area contributed by atoms with Crippen LogP contribution in [0.4, 0.5) is 0 Å². The van der Waals surface area contributed by atoms with Gasteiger partial charge in [-0.15, -0.1) is 0 Å². The van der Waals surface area contributed by atoms with E-state index in [4.69, 9.17) is 9.84 Å². The number of hydrogen-bond donors (Lipinski definition) is 1. The topological polar surface area (TPSA) is 70.1 Å². The zero-order valence-electron chi connectivity index (χ0n) is 13.5. The fraction of sp³-hybridized carbons (Fsp3) is 0.529. The molecule has 2 rings (SSSR count). The zero-order chi connectivity index (χ0) is 16.7. The van der Waals surface area contributed by atoms with Crippen molar-refractivity contribution in [1.82, 2.24) is 9.80 Å². The van der Waals surface area contributed by atoms with Gasteiger partial charge in [-0.1, -0.05) is 0 Å². The minimum Gasteiger partial charge on any atom is -0.478 e. The number of carbonyl (C=O) groups excluding carboxylic acids is 1. The van der Waals surface area contributed by atoms with E-state index in [0.29, 0.717) is 18.7 Å². The van der Waals surface area contributed by atoms with E-state index in [2.05, 4.69) is 4.90 Å². The van der Waals surface area contributed by atoms with E-state index < -0.39 is 5.97 Å². The number of benzene rings is 1. The Kier molecular flexibility index (Phi) is 6.55. The second-order valence-corrected chi connectivity index (χ2v) is 5.72. The number of methoxy groups -OCH3 is 1. The first-order chi connectivity index (χ1) is 11.1. The van der Waals surface area contributed by atoms with E-state index in [1.54, 1.807) is 19.2 Å². The number of nitrogens with zero attached hydrogens (tertiary/aromatic N) is 2. The van der Waals surface area contributed by atoms with Gasteiger partial charge < -0.3 is 14.7 Å². The summed E-state index contributed by atoms with van der Waals surface area (Å²) in [5.41, 5.74) is 0.742. The van der Waals surface area contributed by atoms with Gasteiger partial charge in [-0.3, -0.25) is 9.69 Å². The standard InChI is InChI=1S/C17H24N2O4/c1-23-13-3-2-8-18-9-11-19(12-10-18)16(20)14-4-6-15(7-5-14)17(21)22/h4-7H,2-3,8-13H2,1H3,(H,21,22). The highest BCUT2D eigenvalue weighted by Gasteiger charge is 2.21. The van der Waals surface area contributed by atoms with Gasteiger partial charge in [-0.2, -0.15) is 0 Å². The lowest BCUT2D eigenvalue weighted by Crippen LogP contribution is -2.48. The molecular weight excluding hydrogens is 296 g/mol. The predicted octanol–water partition coefficient (Wildman–Crippen LogP) is 1.57. The van der Waals surface area contributed by atoms with Crippen LogP contribution in [0.2, 0.25) is 0 Å².